The highest BCUT2D eigenvalue weighted by Gasteiger charge is 2.37. The number of allylic oxidation sites excluding steroid dienone is 1. The number of carbonyl (C=O) groups is 1. The first-order valence-corrected chi connectivity index (χ1v) is 9.09. The summed E-state index contributed by atoms with van der Waals surface area (Å²) >= 11 is 0. The maximum absolute atomic E-state index is 13.5. The molecule has 3 rings (SSSR count). The zero-order valence-corrected chi connectivity index (χ0v) is 16.7. The van der Waals surface area contributed by atoms with Gasteiger partial charge in [0.05, 0.1) is 30.6 Å². The Labute approximate surface area is 168 Å². The van der Waals surface area contributed by atoms with E-state index in [-0.39, 0.29) is 41.6 Å². The van der Waals surface area contributed by atoms with Crippen molar-refractivity contribution in [2.45, 2.75) is 32.8 Å². The van der Waals surface area contributed by atoms with Gasteiger partial charge in [0.1, 0.15) is 17.2 Å². The summed E-state index contributed by atoms with van der Waals surface area (Å²) < 4.78 is 17.6. The molecular weight excluding hydrogens is 374 g/mol. The van der Waals surface area contributed by atoms with Crippen molar-refractivity contribution < 1.29 is 19.0 Å². The van der Waals surface area contributed by atoms with Crippen LogP contribution in [0.25, 0.3) is 11.3 Å². The van der Waals surface area contributed by atoms with Crippen LogP contribution in [0.15, 0.2) is 40.7 Å². The van der Waals surface area contributed by atoms with Crippen LogP contribution in [-0.2, 0) is 9.53 Å². The molecule has 0 saturated carbocycles. The first-order valence-electron chi connectivity index (χ1n) is 9.09. The van der Waals surface area contributed by atoms with E-state index in [0.29, 0.717) is 5.69 Å². The molecule has 1 aliphatic rings. The molecule has 0 fully saturated rings. The van der Waals surface area contributed by atoms with Gasteiger partial charge in [-0.2, -0.15) is 10.2 Å². The van der Waals surface area contributed by atoms with Gasteiger partial charge in [0.15, 0.2) is 0 Å². The van der Waals surface area contributed by atoms with Crippen LogP contribution < -0.4 is 15.0 Å². The highest BCUT2D eigenvalue weighted by Crippen LogP contribution is 2.37. The number of rotatable bonds is 4. The molecule has 0 unspecified atom stereocenters. The fourth-order valence-electron chi connectivity index (χ4n) is 3.19. The Morgan fingerprint density at radius 1 is 1.34 bits per heavy atom. The third-order valence-corrected chi connectivity index (χ3v) is 4.38. The molecule has 0 bridgehead atoms. The van der Waals surface area contributed by atoms with Crippen LogP contribution >= 0.6 is 0 Å². The van der Waals surface area contributed by atoms with Crippen molar-refractivity contribution in [3.8, 4) is 23.6 Å². The van der Waals surface area contributed by atoms with Gasteiger partial charge in [-0.25, -0.2) is 9.36 Å². The molecule has 0 amide bonds. The van der Waals surface area contributed by atoms with Crippen molar-refractivity contribution in [1.29, 1.82) is 5.26 Å². The summed E-state index contributed by atoms with van der Waals surface area (Å²) in [5.41, 5.74) is -1.09. The zero-order chi connectivity index (χ0) is 21.2. The molecule has 0 N–H and O–H groups in total. The number of nitriles is 1. The standard InChI is InChI=1S/C21H21N3O5/c1-5-28-19(26)14-11-21(2,3)29-17-16(15(14)12-22)18(25)24(20(23-17)27-4)13-9-7-6-8-10-13/h6-10H,5,11H2,1-4H3. The third kappa shape index (κ3) is 3.72. The first kappa shape index (κ1) is 20.1. The molecule has 150 valence electrons. The molecular formula is C21H21N3O5. The Bertz CT molecular complexity index is 1080. The van der Waals surface area contributed by atoms with Gasteiger partial charge in [-0.15, -0.1) is 0 Å². The molecule has 1 aliphatic heterocycles. The molecule has 8 nitrogen and oxygen atoms in total. The van der Waals surface area contributed by atoms with E-state index in [1.165, 1.54) is 11.7 Å². The number of esters is 1. The van der Waals surface area contributed by atoms with E-state index < -0.39 is 17.1 Å². The van der Waals surface area contributed by atoms with E-state index in [9.17, 15) is 14.9 Å². The van der Waals surface area contributed by atoms with Crippen LogP contribution in [0, 0.1) is 11.3 Å². The lowest BCUT2D eigenvalue weighted by atomic mass is 9.94. The largest absolute Gasteiger partial charge is 0.471 e. The van der Waals surface area contributed by atoms with E-state index in [0.717, 1.165) is 0 Å². The second kappa shape index (κ2) is 7.80. The molecule has 0 aliphatic carbocycles. The summed E-state index contributed by atoms with van der Waals surface area (Å²) in [6.07, 6.45) is 0.0815. The number of para-hydroxylation sites is 1. The molecule has 0 atom stereocenters. The van der Waals surface area contributed by atoms with Gasteiger partial charge in [-0.05, 0) is 32.9 Å². The molecule has 0 saturated heterocycles. The minimum Gasteiger partial charge on any atom is -0.471 e. The minimum atomic E-state index is -0.904. The Hall–Kier alpha value is -3.60. The number of hydrogen-bond acceptors (Lipinski definition) is 7. The lowest BCUT2D eigenvalue weighted by Crippen LogP contribution is -2.31. The number of hydrogen-bond donors (Lipinski definition) is 0. The van der Waals surface area contributed by atoms with Crippen molar-refractivity contribution in [3.63, 3.8) is 0 Å². The monoisotopic (exact) mass is 395 g/mol. The third-order valence-electron chi connectivity index (χ3n) is 4.38. The normalized spacial score (nSPS) is 14.9. The predicted octanol–water partition coefficient (Wildman–Crippen LogP) is 2.64. The van der Waals surface area contributed by atoms with E-state index in [1.54, 1.807) is 45.0 Å². The van der Waals surface area contributed by atoms with Crippen molar-refractivity contribution in [2.75, 3.05) is 13.7 Å². The van der Waals surface area contributed by atoms with Crippen molar-refractivity contribution >= 4 is 11.5 Å². The SMILES string of the molecule is CCOC(=O)C1=C(C#N)c2c(nc(OC)n(-c3ccccc3)c2=O)OC(C)(C)C1. The quantitative estimate of drug-likeness (QED) is 0.733. The zero-order valence-electron chi connectivity index (χ0n) is 16.7. The number of methoxy groups -OCH3 is 1. The molecule has 2 heterocycles. The van der Waals surface area contributed by atoms with Crippen molar-refractivity contribution in [1.82, 2.24) is 9.55 Å². The number of benzene rings is 1. The fraction of sp³-hybridized carbons (Fsp3) is 0.333. The van der Waals surface area contributed by atoms with Crippen LogP contribution in [0.5, 0.6) is 11.9 Å². The van der Waals surface area contributed by atoms with Crippen LogP contribution in [0.2, 0.25) is 0 Å². The Balaban J connectivity index is 2.40. The second-order valence-electron chi connectivity index (χ2n) is 6.98. The maximum Gasteiger partial charge on any atom is 0.335 e. The van der Waals surface area contributed by atoms with Gasteiger partial charge in [0, 0.05) is 6.42 Å². The molecule has 1 aromatic carbocycles. The molecule has 2 aromatic rings. The van der Waals surface area contributed by atoms with Crippen molar-refractivity contribution in [2.24, 2.45) is 0 Å². The summed E-state index contributed by atoms with van der Waals surface area (Å²) in [6, 6.07) is 10.7. The van der Waals surface area contributed by atoms with Gasteiger partial charge in [-0.1, -0.05) is 18.2 Å². The van der Waals surface area contributed by atoms with Crippen LogP contribution in [0.4, 0.5) is 0 Å². The summed E-state index contributed by atoms with van der Waals surface area (Å²) in [5, 5.41) is 9.85. The van der Waals surface area contributed by atoms with Gasteiger partial charge in [0.2, 0.25) is 5.88 Å². The molecule has 0 spiro atoms. The van der Waals surface area contributed by atoms with Gasteiger partial charge in [-0.3, -0.25) is 4.79 Å². The Morgan fingerprint density at radius 2 is 2.03 bits per heavy atom. The smallest absolute Gasteiger partial charge is 0.335 e. The van der Waals surface area contributed by atoms with E-state index >= 15 is 0 Å². The molecule has 1 aromatic heterocycles. The highest BCUT2D eigenvalue weighted by molar-refractivity contribution is 6.02. The van der Waals surface area contributed by atoms with Crippen molar-refractivity contribution in [3.05, 3.63) is 51.8 Å². The number of aromatic nitrogens is 2. The molecule has 0 radical (unpaired) electrons. The van der Waals surface area contributed by atoms with E-state index in [1.807, 2.05) is 12.1 Å². The van der Waals surface area contributed by atoms with Crippen LogP contribution in [-0.4, -0.2) is 34.8 Å². The number of carbonyl (C=O) groups excluding carboxylic acids is 1. The lowest BCUT2D eigenvalue weighted by Gasteiger charge is -2.25. The maximum atomic E-state index is 13.5. The molecule has 8 heteroatoms. The summed E-state index contributed by atoms with van der Waals surface area (Å²) in [6.45, 7) is 5.30. The number of fused-ring (bicyclic) bond motifs is 1. The summed E-state index contributed by atoms with van der Waals surface area (Å²) in [4.78, 5) is 30.4. The Kier molecular flexibility index (Phi) is 5.41. The Morgan fingerprint density at radius 3 is 2.62 bits per heavy atom. The lowest BCUT2D eigenvalue weighted by molar-refractivity contribution is -0.139. The molecule has 29 heavy (non-hydrogen) atoms. The minimum absolute atomic E-state index is 0.00706. The summed E-state index contributed by atoms with van der Waals surface area (Å²) in [7, 11) is 1.39. The highest BCUT2D eigenvalue weighted by atomic mass is 16.5. The van der Waals surface area contributed by atoms with Crippen LogP contribution in [0.3, 0.4) is 0 Å². The van der Waals surface area contributed by atoms with Gasteiger partial charge >= 0.3 is 12.0 Å². The number of nitrogens with zero attached hydrogens (tertiary/aromatic N) is 3. The first-order chi connectivity index (χ1) is 13.8. The topological polar surface area (TPSA) is 103 Å². The number of ether oxygens (including phenoxy) is 3. The predicted molar refractivity (Wildman–Crippen MR) is 105 cm³/mol. The average Bonchev–Trinajstić information content (AvgIpc) is 2.81. The summed E-state index contributed by atoms with van der Waals surface area (Å²) in [5.74, 6) is -0.713. The average molecular weight is 395 g/mol. The van der Waals surface area contributed by atoms with Gasteiger partial charge < -0.3 is 14.2 Å². The van der Waals surface area contributed by atoms with E-state index in [4.69, 9.17) is 14.2 Å². The fourth-order valence-corrected chi connectivity index (χ4v) is 3.19. The van der Waals surface area contributed by atoms with E-state index in [2.05, 4.69) is 4.98 Å². The van der Waals surface area contributed by atoms with Crippen LogP contribution in [0.1, 0.15) is 32.8 Å². The second-order valence-corrected chi connectivity index (χ2v) is 6.98. The van der Waals surface area contributed by atoms with Gasteiger partial charge in [0.25, 0.3) is 5.56 Å².